The van der Waals surface area contributed by atoms with Gasteiger partial charge in [0.1, 0.15) is 11.1 Å². The van der Waals surface area contributed by atoms with Gasteiger partial charge in [0.05, 0.1) is 0 Å². The van der Waals surface area contributed by atoms with Crippen molar-refractivity contribution in [3.63, 3.8) is 0 Å². The van der Waals surface area contributed by atoms with Crippen molar-refractivity contribution in [2.24, 2.45) is 0 Å². The zero-order valence-electron chi connectivity index (χ0n) is 10.5. The maximum Gasteiger partial charge on any atom is 0.351 e. The number of aryl methyl sites for hydroxylation is 1. The Kier molecular flexibility index (Phi) is 2.95. The van der Waals surface area contributed by atoms with Gasteiger partial charge in [0.25, 0.3) is 0 Å². The Bertz CT molecular complexity index is 680. The van der Waals surface area contributed by atoms with Crippen molar-refractivity contribution in [3.05, 3.63) is 45.3 Å². The zero-order valence-corrected chi connectivity index (χ0v) is 10.5. The minimum atomic E-state index is -1.24. The molecule has 0 spiro atoms. The van der Waals surface area contributed by atoms with Gasteiger partial charge >= 0.3 is 11.6 Å². The Morgan fingerprint density at radius 2 is 2.00 bits per heavy atom. The van der Waals surface area contributed by atoms with Crippen LogP contribution in [0.5, 0.6) is 0 Å². The lowest BCUT2D eigenvalue weighted by molar-refractivity contribution is 0.0691. The molecule has 18 heavy (non-hydrogen) atoms. The number of rotatable bonds is 2. The molecule has 94 valence electrons. The molecule has 1 heterocycles. The SMILES string of the molecule is Cc1cccc2oc(=O)c(C(=O)O)c(C(C)C)c12. The second-order valence-corrected chi connectivity index (χ2v) is 4.59. The van der Waals surface area contributed by atoms with Gasteiger partial charge in [-0.1, -0.05) is 26.0 Å². The topological polar surface area (TPSA) is 67.5 Å². The van der Waals surface area contributed by atoms with E-state index in [0.29, 0.717) is 11.1 Å². The van der Waals surface area contributed by atoms with E-state index in [1.54, 1.807) is 12.1 Å². The smallest absolute Gasteiger partial charge is 0.351 e. The summed E-state index contributed by atoms with van der Waals surface area (Å²) < 4.78 is 5.09. The number of carbonyl (C=O) groups is 1. The van der Waals surface area contributed by atoms with E-state index in [-0.39, 0.29) is 11.5 Å². The fourth-order valence-electron chi connectivity index (χ4n) is 2.24. The summed E-state index contributed by atoms with van der Waals surface area (Å²) in [6.07, 6.45) is 0. The standard InChI is InChI=1S/C14H14O4/c1-7(2)10-11-8(3)5-4-6-9(11)18-14(17)12(10)13(15)16/h4-7H,1-3H3,(H,15,16). The van der Waals surface area contributed by atoms with Gasteiger partial charge in [0.2, 0.25) is 0 Å². The van der Waals surface area contributed by atoms with E-state index in [2.05, 4.69) is 0 Å². The quantitative estimate of drug-likeness (QED) is 0.827. The number of hydrogen-bond donors (Lipinski definition) is 1. The van der Waals surface area contributed by atoms with Gasteiger partial charge in [-0.3, -0.25) is 0 Å². The number of aromatic carboxylic acids is 1. The first-order valence-corrected chi connectivity index (χ1v) is 5.73. The molecule has 4 heteroatoms. The number of carboxylic acid groups (broad SMARTS) is 1. The van der Waals surface area contributed by atoms with Crippen LogP contribution in [-0.2, 0) is 0 Å². The lowest BCUT2D eigenvalue weighted by Crippen LogP contribution is -2.18. The predicted octanol–water partition coefficient (Wildman–Crippen LogP) is 2.92. The molecule has 0 aliphatic carbocycles. The summed E-state index contributed by atoms with van der Waals surface area (Å²) in [5.74, 6) is -1.30. The van der Waals surface area contributed by atoms with Crippen LogP contribution in [-0.4, -0.2) is 11.1 Å². The molecule has 0 atom stereocenters. The van der Waals surface area contributed by atoms with Crippen LogP contribution in [0.3, 0.4) is 0 Å². The summed E-state index contributed by atoms with van der Waals surface area (Å²) >= 11 is 0. The third-order valence-corrected chi connectivity index (χ3v) is 2.97. The minimum absolute atomic E-state index is 0.0659. The number of benzene rings is 1. The molecule has 0 radical (unpaired) electrons. The molecule has 1 N–H and O–H groups in total. The highest BCUT2D eigenvalue weighted by atomic mass is 16.4. The van der Waals surface area contributed by atoms with Crippen LogP contribution in [0, 0.1) is 6.92 Å². The first-order chi connectivity index (χ1) is 8.43. The Labute approximate surface area is 104 Å². The molecule has 0 saturated heterocycles. The largest absolute Gasteiger partial charge is 0.477 e. The molecule has 0 aliphatic heterocycles. The molecule has 0 amide bonds. The van der Waals surface area contributed by atoms with E-state index in [4.69, 9.17) is 4.42 Å². The molecule has 0 fully saturated rings. The fourth-order valence-corrected chi connectivity index (χ4v) is 2.24. The van der Waals surface area contributed by atoms with Gasteiger partial charge in [0.15, 0.2) is 0 Å². The van der Waals surface area contributed by atoms with E-state index < -0.39 is 11.6 Å². The Morgan fingerprint density at radius 3 is 2.56 bits per heavy atom. The zero-order chi connectivity index (χ0) is 13.4. The van der Waals surface area contributed by atoms with E-state index >= 15 is 0 Å². The molecule has 2 rings (SSSR count). The van der Waals surface area contributed by atoms with Gasteiger partial charge < -0.3 is 9.52 Å². The average molecular weight is 246 g/mol. The lowest BCUT2D eigenvalue weighted by atomic mass is 9.92. The molecule has 0 bridgehead atoms. The number of carboxylic acids is 1. The molecule has 0 saturated carbocycles. The lowest BCUT2D eigenvalue weighted by Gasteiger charge is -2.13. The van der Waals surface area contributed by atoms with Crippen LogP contribution in [0.4, 0.5) is 0 Å². The van der Waals surface area contributed by atoms with Crippen molar-refractivity contribution in [1.29, 1.82) is 0 Å². The molecular formula is C14H14O4. The molecule has 2 aromatic rings. The molecule has 1 aromatic carbocycles. The van der Waals surface area contributed by atoms with E-state index in [0.717, 1.165) is 10.9 Å². The third kappa shape index (κ3) is 1.79. The minimum Gasteiger partial charge on any atom is -0.477 e. The fraction of sp³-hybridized carbons (Fsp3) is 0.286. The van der Waals surface area contributed by atoms with Gasteiger partial charge in [0, 0.05) is 5.39 Å². The van der Waals surface area contributed by atoms with Crippen LogP contribution < -0.4 is 5.63 Å². The highest BCUT2D eigenvalue weighted by Gasteiger charge is 2.23. The summed E-state index contributed by atoms with van der Waals surface area (Å²) in [6.45, 7) is 5.61. The van der Waals surface area contributed by atoms with E-state index in [1.807, 2.05) is 26.8 Å². The molecular weight excluding hydrogens is 232 g/mol. The monoisotopic (exact) mass is 246 g/mol. The molecule has 4 nitrogen and oxygen atoms in total. The van der Waals surface area contributed by atoms with Crippen LogP contribution >= 0.6 is 0 Å². The van der Waals surface area contributed by atoms with E-state index in [9.17, 15) is 14.7 Å². The van der Waals surface area contributed by atoms with Crippen LogP contribution in [0.25, 0.3) is 11.0 Å². The van der Waals surface area contributed by atoms with Gasteiger partial charge in [-0.05, 0) is 30.0 Å². The van der Waals surface area contributed by atoms with E-state index in [1.165, 1.54) is 0 Å². The van der Waals surface area contributed by atoms with Crippen LogP contribution in [0.2, 0.25) is 0 Å². The molecule has 1 aromatic heterocycles. The van der Waals surface area contributed by atoms with Crippen molar-refractivity contribution >= 4 is 16.9 Å². The summed E-state index contributed by atoms with van der Waals surface area (Å²) in [7, 11) is 0. The maximum absolute atomic E-state index is 11.8. The van der Waals surface area contributed by atoms with Crippen LogP contribution in [0.15, 0.2) is 27.4 Å². The predicted molar refractivity (Wildman–Crippen MR) is 68.3 cm³/mol. The molecule has 0 unspecified atom stereocenters. The molecule has 0 aliphatic rings. The average Bonchev–Trinajstić information content (AvgIpc) is 2.26. The summed E-state index contributed by atoms with van der Waals surface area (Å²) in [6, 6.07) is 5.34. The highest BCUT2D eigenvalue weighted by Crippen LogP contribution is 2.29. The summed E-state index contributed by atoms with van der Waals surface area (Å²) in [4.78, 5) is 23.0. The van der Waals surface area contributed by atoms with Crippen molar-refractivity contribution in [1.82, 2.24) is 0 Å². The van der Waals surface area contributed by atoms with Crippen LogP contribution in [0.1, 0.15) is 41.3 Å². The van der Waals surface area contributed by atoms with Gasteiger partial charge in [-0.25, -0.2) is 9.59 Å². The Morgan fingerprint density at radius 1 is 1.33 bits per heavy atom. The van der Waals surface area contributed by atoms with Crippen molar-refractivity contribution in [2.45, 2.75) is 26.7 Å². The Hall–Kier alpha value is -2.10. The number of fused-ring (bicyclic) bond motifs is 1. The first-order valence-electron chi connectivity index (χ1n) is 5.73. The summed E-state index contributed by atoms with van der Waals surface area (Å²) in [5, 5.41) is 9.91. The van der Waals surface area contributed by atoms with Crippen molar-refractivity contribution in [2.75, 3.05) is 0 Å². The Balaban J connectivity index is 3.07. The highest BCUT2D eigenvalue weighted by molar-refractivity contribution is 5.96. The normalized spacial score (nSPS) is 11.1. The van der Waals surface area contributed by atoms with Gasteiger partial charge in [-0.15, -0.1) is 0 Å². The second kappa shape index (κ2) is 4.29. The first kappa shape index (κ1) is 12.4. The number of hydrogen-bond acceptors (Lipinski definition) is 3. The maximum atomic E-state index is 11.8. The van der Waals surface area contributed by atoms with Gasteiger partial charge in [-0.2, -0.15) is 0 Å². The second-order valence-electron chi connectivity index (χ2n) is 4.59. The summed E-state index contributed by atoms with van der Waals surface area (Å²) in [5.41, 5.74) is 0.846. The van der Waals surface area contributed by atoms with Crippen molar-refractivity contribution in [3.8, 4) is 0 Å². The van der Waals surface area contributed by atoms with Crippen molar-refractivity contribution < 1.29 is 14.3 Å². The third-order valence-electron chi connectivity index (χ3n) is 2.97.